The van der Waals surface area contributed by atoms with E-state index in [4.69, 9.17) is 4.74 Å². The Hall–Kier alpha value is -2.90. The van der Waals surface area contributed by atoms with Crippen LogP contribution in [-0.4, -0.2) is 49.1 Å². The van der Waals surface area contributed by atoms with Gasteiger partial charge in [0.15, 0.2) is 17.3 Å². The fourth-order valence-corrected chi connectivity index (χ4v) is 6.20. The van der Waals surface area contributed by atoms with Gasteiger partial charge >= 0.3 is 0 Å². The van der Waals surface area contributed by atoms with Crippen molar-refractivity contribution < 1.29 is 18.6 Å². The van der Waals surface area contributed by atoms with Crippen molar-refractivity contribution in [2.24, 2.45) is 5.92 Å². The van der Waals surface area contributed by atoms with E-state index in [1.807, 2.05) is 22.5 Å². The molecule has 2 aliphatic rings. The van der Waals surface area contributed by atoms with Crippen LogP contribution in [0.2, 0.25) is 0 Å². The molecule has 34 heavy (non-hydrogen) atoms. The zero-order valence-corrected chi connectivity index (χ0v) is 19.8. The fraction of sp³-hybridized carbons (Fsp3) is 0.500. The van der Waals surface area contributed by atoms with Crippen LogP contribution in [0.5, 0.6) is 11.5 Å². The summed E-state index contributed by atoms with van der Waals surface area (Å²) in [6, 6.07) is 3.35. The smallest absolute Gasteiger partial charge is 0.202 e. The molecule has 3 aromatic rings. The number of rotatable bonds is 7. The molecule has 0 bridgehead atoms. The molecule has 1 saturated heterocycles. The Bertz CT molecular complexity index is 1380. The lowest BCUT2D eigenvalue weighted by Crippen LogP contribution is -2.36. The summed E-state index contributed by atoms with van der Waals surface area (Å²) in [5.74, 6) is -0.406. The van der Waals surface area contributed by atoms with Crippen molar-refractivity contribution in [2.75, 3.05) is 38.3 Å². The molecule has 0 unspecified atom stereocenters. The van der Waals surface area contributed by atoms with Crippen molar-refractivity contribution in [1.82, 2.24) is 9.88 Å². The van der Waals surface area contributed by atoms with Crippen LogP contribution < -0.4 is 20.4 Å². The van der Waals surface area contributed by atoms with Gasteiger partial charge in [-0.3, -0.25) is 4.79 Å². The largest absolute Gasteiger partial charge is 0.505 e. The number of aromatic nitrogens is 1. The molecule has 3 heterocycles. The van der Waals surface area contributed by atoms with Crippen LogP contribution in [-0.2, 0) is 0 Å². The summed E-state index contributed by atoms with van der Waals surface area (Å²) in [4.78, 5) is 15.9. The maximum absolute atomic E-state index is 15.6. The summed E-state index contributed by atoms with van der Waals surface area (Å²) < 4.78 is 35.9. The predicted molar refractivity (Wildman–Crippen MR) is 129 cm³/mol. The first-order valence-electron chi connectivity index (χ1n) is 11.5. The topological polar surface area (TPSA) is 90.5 Å². The highest BCUT2D eigenvalue weighted by Crippen LogP contribution is 2.48. The zero-order valence-electron chi connectivity index (χ0n) is 19.0. The number of alkyl halides is 1. The van der Waals surface area contributed by atoms with E-state index in [1.54, 1.807) is 0 Å². The SMILES string of the molecule is COc1c(N2CC[C@@H]([C@H](C)NCCF)C2)c(F)cc2c(=O)c3c(O)c(C#N)sc3n(C3CC3)c12. The summed E-state index contributed by atoms with van der Waals surface area (Å²) >= 11 is 1.07. The number of anilines is 1. The number of methoxy groups -OCH3 is 1. The molecule has 1 aromatic carbocycles. The molecule has 2 fully saturated rings. The number of fused-ring (bicyclic) bond motifs is 2. The molecule has 5 rings (SSSR count). The second-order valence-electron chi connectivity index (χ2n) is 9.07. The summed E-state index contributed by atoms with van der Waals surface area (Å²) in [5.41, 5.74) is 0.297. The Labute approximate surface area is 199 Å². The predicted octanol–water partition coefficient (Wildman–Crippen LogP) is 4.05. The Kier molecular flexibility index (Phi) is 5.86. The number of nitrogens with one attached hydrogen (secondary N) is 1. The summed E-state index contributed by atoms with van der Waals surface area (Å²) in [6.07, 6.45) is 2.58. The van der Waals surface area contributed by atoms with E-state index in [2.05, 4.69) is 5.32 Å². The molecule has 180 valence electrons. The van der Waals surface area contributed by atoms with Gasteiger partial charge in [-0.25, -0.2) is 8.78 Å². The first kappa shape index (κ1) is 22.9. The second kappa shape index (κ2) is 8.71. The Morgan fingerprint density at radius 3 is 2.82 bits per heavy atom. The average Bonchev–Trinajstić information content (AvgIpc) is 3.44. The number of pyridine rings is 1. The number of halogens is 2. The molecular weight excluding hydrogens is 462 g/mol. The van der Waals surface area contributed by atoms with E-state index >= 15 is 4.39 Å². The van der Waals surface area contributed by atoms with Crippen molar-refractivity contribution in [3.05, 3.63) is 27.0 Å². The Morgan fingerprint density at radius 2 is 2.18 bits per heavy atom. The molecular formula is C24H26F2N4O3S. The number of nitrogens with zero attached hydrogens (tertiary/aromatic N) is 3. The third kappa shape index (κ3) is 3.49. The van der Waals surface area contributed by atoms with Crippen molar-refractivity contribution >= 4 is 38.1 Å². The highest BCUT2D eigenvalue weighted by Gasteiger charge is 2.35. The third-order valence-corrected chi connectivity index (χ3v) is 8.09. The van der Waals surface area contributed by atoms with Crippen LogP contribution in [0.25, 0.3) is 21.1 Å². The van der Waals surface area contributed by atoms with Gasteiger partial charge in [-0.15, -0.1) is 11.3 Å². The van der Waals surface area contributed by atoms with Gasteiger partial charge in [-0.1, -0.05) is 0 Å². The van der Waals surface area contributed by atoms with Crippen molar-refractivity contribution in [1.29, 1.82) is 5.26 Å². The minimum absolute atomic E-state index is 0.0594. The van der Waals surface area contributed by atoms with E-state index in [0.717, 1.165) is 30.6 Å². The molecule has 1 saturated carbocycles. The van der Waals surface area contributed by atoms with Crippen LogP contribution in [0.1, 0.15) is 37.1 Å². The number of hydrogen-bond acceptors (Lipinski definition) is 7. The van der Waals surface area contributed by atoms with Crippen molar-refractivity contribution in [3.63, 3.8) is 0 Å². The standard InChI is InChI=1S/C24H26F2N4O3S/c1-12(28-7-6-25)13-5-8-29(11-13)20-16(26)9-15-19(23(20)33-2)30(14-3-4-14)24-18(21(15)31)22(32)17(10-27)34-24/h9,12-14,28,32H,3-8,11H2,1-2H3/t12-,13+/m0/s1. The first-order valence-corrected chi connectivity index (χ1v) is 12.3. The van der Waals surface area contributed by atoms with Gasteiger partial charge in [0, 0.05) is 31.7 Å². The van der Waals surface area contributed by atoms with E-state index in [-0.39, 0.29) is 51.7 Å². The fourth-order valence-electron chi connectivity index (χ4n) is 5.13. The van der Waals surface area contributed by atoms with Gasteiger partial charge in [0.25, 0.3) is 0 Å². The Morgan fingerprint density at radius 1 is 1.41 bits per heavy atom. The molecule has 7 nitrogen and oxygen atoms in total. The summed E-state index contributed by atoms with van der Waals surface area (Å²) in [7, 11) is 1.47. The molecule has 1 aliphatic carbocycles. The van der Waals surface area contributed by atoms with Crippen LogP contribution in [0.15, 0.2) is 10.9 Å². The molecule has 0 radical (unpaired) electrons. The number of benzene rings is 1. The molecule has 0 spiro atoms. The van der Waals surface area contributed by atoms with E-state index in [1.165, 1.54) is 13.2 Å². The lowest BCUT2D eigenvalue weighted by molar-refractivity contribution is 0.373. The van der Waals surface area contributed by atoms with Crippen molar-refractivity contribution in [3.8, 4) is 17.6 Å². The van der Waals surface area contributed by atoms with Crippen LogP contribution >= 0.6 is 11.3 Å². The van der Waals surface area contributed by atoms with Gasteiger partial charge in [0.05, 0.1) is 18.0 Å². The first-order chi connectivity index (χ1) is 16.4. The van der Waals surface area contributed by atoms with Gasteiger partial charge in [-0.05, 0) is 38.2 Å². The van der Waals surface area contributed by atoms with Crippen LogP contribution in [0.3, 0.4) is 0 Å². The molecule has 0 amide bonds. The number of nitriles is 1. The van der Waals surface area contributed by atoms with Gasteiger partial charge in [0.2, 0.25) is 5.43 Å². The molecule has 1 aliphatic heterocycles. The minimum atomic E-state index is -0.566. The van der Waals surface area contributed by atoms with Crippen LogP contribution in [0.4, 0.5) is 14.5 Å². The van der Waals surface area contributed by atoms with E-state index < -0.39 is 17.9 Å². The number of ether oxygens (including phenoxy) is 1. The summed E-state index contributed by atoms with van der Waals surface area (Å²) in [5, 5.41) is 23.3. The lowest BCUT2D eigenvalue weighted by Gasteiger charge is -2.26. The van der Waals surface area contributed by atoms with E-state index in [0.29, 0.717) is 29.1 Å². The van der Waals surface area contributed by atoms with Gasteiger partial charge < -0.3 is 24.6 Å². The van der Waals surface area contributed by atoms with Gasteiger partial charge in [0.1, 0.15) is 33.5 Å². The highest BCUT2D eigenvalue weighted by molar-refractivity contribution is 7.19. The van der Waals surface area contributed by atoms with Gasteiger partial charge in [-0.2, -0.15) is 5.26 Å². The summed E-state index contributed by atoms with van der Waals surface area (Å²) in [6.45, 7) is 3.04. The maximum atomic E-state index is 15.6. The zero-order chi connectivity index (χ0) is 24.1. The molecule has 10 heteroatoms. The number of hydrogen-bond donors (Lipinski definition) is 2. The average molecular weight is 489 g/mol. The normalized spacial score (nSPS) is 19.1. The number of aromatic hydroxyl groups is 1. The van der Waals surface area contributed by atoms with E-state index in [9.17, 15) is 19.6 Å². The Balaban J connectivity index is 1.71. The second-order valence-corrected chi connectivity index (χ2v) is 10.1. The molecule has 2 N–H and O–H groups in total. The lowest BCUT2D eigenvalue weighted by atomic mass is 10.0. The molecule has 2 atom stereocenters. The highest BCUT2D eigenvalue weighted by atomic mass is 32.1. The third-order valence-electron chi connectivity index (χ3n) is 7.00. The monoisotopic (exact) mass is 488 g/mol. The quantitative estimate of drug-likeness (QED) is 0.522. The van der Waals surface area contributed by atoms with Crippen LogP contribution in [0, 0.1) is 23.1 Å². The van der Waals surface area contributed by atoms with Crippen molar-refractivity contribution in [2.45, 2.75) is 38.3 Å². The minimum Gasteiger partial charge on any atom is -0.505 e. The number of thiophene rings is 1. The maximum Gasteiger partial charge on any atom is 0.202 e. The molecule has 2 aromatic heterocycles.